The third-order valence-corrected chi connectivity index (χ3v) is 8.06. The van der Waals surface area contributed by atoms with E-state index in [9.17, 15) is 8.42 Å². The monoisotopic (exact) mass is 386 g/mol. The van der Waals surface area contributed by atoms with Crippen molar-refractivity contribution in [2.24, 2.45) is 0 Å². The molecule has 1 N–H and O–H groups in total. The van der Waals surface area contributed by atoms with Crippen molar-refractivity contribution in [1.29, 1.82) is 0 Å². The first-order chi connectivity index (χ1) is 8.38. The van der Waals surface area contributed by atoms with Crippen LogP contribution in [-0.4, -0.2) is 8.42 Å². The van der Waals surface area contributed by atoms with Crippen molar-refractivity contribution in [3.8, 4) is 0 Å². The van der Waals surface area contributed by atoms with Gasteiger partial charge in [0.05, 0.1) is 14.6 Å². The van der Waals surface area contributed by atoms with Crippen molar-refractivity contribution in [1.82, 2.24) is 0 Å². The fraction of sp³-hybridized carbons (Fsp3) is 0. The van der Waals surface area contributed by atoms with Gasteiger partial charge in [-0.2, -0.15) is 8.42 Å². The molecule has 96 valence electrons. The molecule has 0 spiro atoms. The third kappa shape index (κ3) is 3.19. The summed E-state index contributed by atoms with van der Waals surface area (Å²) in [6, 6.07) is 7.77. The number of hydrogen-bond donors (Lipinski definition) is 1. The number of benzene rings is 1. The lowest BCUT2D eigenvalue weighted by molar-refractivity contribution is 0.603. The maximum Gasteiger partial charge on any atom is 0.312 e. The molecule has 0 saturated heterocycles. The Morgan fingerprint density at radius 3 is 2.28 bits per heavy atom. The molecule has 0 radical (unpaired) electrons. The molecule has 0 amide bonds. The van der Waals surface area contributed by atoms with Crippen LogP contribution in [0.3, 0.4) is 0 Å². The number of rotatable bonds is 3. The molecule has 2 rings (SSSR count). The molecule has 0 aliphatic heterocycles. The van der Waals surface area contributed by atoms with Crippen LogP contribution in [0.25, 0.3) is 0 Å². The predicted molar refractivity (Wildman–Crippen MR) is 80.5 cm³/mol. The van der Waals surface area contributed by atoms with E-state index in [1.807, 2.05) is 0 Å². The van der Waals surface area contributed by atoms with E-state index in [0.29, 0.717) is 15.7 Å². The van der Waals surface area contributed by atoms with Gasteiger partial charge in [0.2, 0.25) is 0 Å². The van der Waals surface area contributed by atoms with Gasteiger partial charge in [0, 0.05) is 16.1 Å². The van der Waals surface area contributed by atoms with Crippen LogP contribution in [0.5, 0.6) is 0 Å². The van der Waals surface area contributed by atoms with Gasteiger partial charge in [0.1, 0.15) is 0 Å². The first-order valence-electron chi connectivity index (χ1n) is 4.65. The van der Waals surface area contributed by atoms with E-state index >= 15 is 0 Å². The van der Waals surface area contributed by atoms with Crippen LogP contribution < -0.4 is 4.72 Å². The molecule has 2 aromatic rings. The summed E-state index contributed by atoms with van der Waals surface area (Å²) in [7, 11) is -4.19. The molecule has 1 atom stereocenters. The summed E-state index contributed by atoms with van der Waals surface area (Å²) in [4.78, 5) is 0. The molecular weight excluding hydrogens is 381 g/mol. The van der Waals surface area contributed by atoms with E-state index in [2.05, 4.69) is 19.5 Å². The molecule has 1 aromatic carbocycles. The van der Waals surface area contributed by atoms with Gasteiger partial charge in [-0.05, 0) is 24.3 Å². The minimum Gasteiger partial charge on any atom is -0.276 e. The van der Waals surface area contributed by atoms with E-state index in [1.54, 1.807) is 17.5 Å². The number of halogens is 3. The maximum atomic E-state index is 12.1. The average Bonchev–Trinajstić information content (AvgIpc) is 2.62. The summed E-state index contributed by atoms with van der Waals surface area (Å²) in [5, 5.41) is 2.51. The number of thiophene rings is 1. The Labute approximate surface area is 125 Å². The van der Waals surface area contributed by atoms with Crippen molar-refractivity contribution in [3.63, 3.8) is 0 Å². The Hall–Kier alpha value is -0.270. The Morgan fingerprint density at radius 2 is 1.78 bits per heavy atom. The van der Waals surface area contributed by atoms with Gasteiger partial charge < -0.3 is 0 Å². The summed E-state index contributed by atoms with van der Waals surface area (Å²) in [5.74, 6) is 0. The highest BCUT2D eigenvalue weighted by atomic mass is 79.9. The zero-order chi connectivity index (χ0) is 13.3. The minimum atomic E-state index is -3.60. The first kappa shape index (κ1) is 14.1. The van der Waals surface area contributed by atoms with Crippen LogP contribution in [0.1, 0.15) is 0 Å². The van der Waals surface area contributed by atoms with Crippen LogP contribution in [0.2, 0.25) is 10.0 Å². The van der Waals surface area contributed by atoms with Crippen LogP contribution >= 0.6 is 46.9 Å². The highest BCUT2D eigenvalue weighted by Crippen LogP contribution is 2.36. The van der Waals surface area contributed by atoms with Crippen LogP contribution in [-0.2, 0) is 10.0 Å². The lowest BCUT2D eigenvalue weighted by Crippen LogP contribution is -2.11. The molecule has 0 aliphatic rings. The molecule has 18 heavy (non-hydrogen) atoms. The van der Waals surface area contributed by atoms with Crippen molar-refractivity contribution in [2.75, 3.05) is 4.72 Å². The van der Waals surface area contributed by atoms with Gasteiger partial charge in [-0.3, -0.25) is 4.72 Å². The van der Waals surface area contributed by atoms with E-state index in [4.69, 9.17) is 23.2 Å². The van der Waals surface area contributed by atoms with Crippen molar-refractivity contribution < 1.29 is 8.42 Å². The van der Waals surface area contributed by atoms with E-state index in [-0.39, 0.29) is 4.21 Å². The quantitative estimate of drug-likeness (QED) is 0.775. The molecule has 1 aromatic heterocycles. The Morgan fingerprint density at radius 1 is 1.17 bits per heavy atom. The summed E-state index contributed by atoms with van der Waals surface area (Å²) < 4.78 is 26.9. The number of hydrogen-bond acceptors (Lipinski definition) is 2. The Balaban J connectivity index is 2.37. The van der Waals surface area contributed by atoms with Gasteiger partial charge >= 0.3 is 10.0 Å². The fourth-order valence-corrected chi connectivity index (χ4v) is 6.60. The molecule has 0 bridgehead atoms. The van der Waals surface area contributed by atoms with Gasteiger partial charge in [-0.25, -0.2) is 0 Å². The SMILES string of the molecule is O=S(=O)(Nc1cc(Cl)cc(Cl)c1)c1ccc[s+]1Br. The highest BCUT2D eigenvalue weighted by Gasteiger charge is 2.26. The van der Waals surface area contributed by atoms with Gasteiger partial charge in [-0.1, -0.05) is 23.2 Å². The smallest absolute Gasteiger partial charge is 0.276 e. The first-order valence-corrected chi connectivity index (χ1v) is 10.0. The highest BCUT2D eigenvalue weighted by molar-refractivity contribution is 9.34. The second-order valence-corrected chi connectivity index (χ2v) is 9.52. The second kappa shape index (κ2) is 5.38. The largest absolute Gasteiger partial charge is 0.312 e. The van der Waals surface area contributed by atoms with E-state index in [0.717, 1.165) is 0 Å². The zero-order valence-electron chi connectivity index (χ0n) is 8.73. The molecular formula is C10H7BrCl2NO2S2+. The maximum absolute atomic E-state index is 12.1. The molecule has 0 saturated carbocycles. The van der Waals surface area contributed by atoms with Gasteiger partial charge in [0.15, 0.2) is 5.38 Å². The van der Waals surface area contributed by atoms with Crippen molar-refractivity contribution in [2.45, 2.75) is 4.21 Å². The standard InChI is InChI=1S/C10H7BrCl2NO2S2/c11-17-3-1-2-10(17)18(15,16)14-9-5-7(12)4-8(13)6-9/h1-6,14H/q+1. The van der Waals surface area contributed by atoms with Crippen molar-refractivity contribution in [3.05, 3.63) is 45.8 Å². The third-order valence-electron chi connectivity index (χ3n) is 2.00. The second-order valence-electron chi connectivity index (χ2n) is 3.36. The molecule has 0 aliphatic carbocycles. The summed E-state index contributed by atoms with van der Waals surface area (Å²) in [5.41, 5.74) is 0.338. The average molecular weight is 388 g/mol. The topological polar surface area (TPSA) is 46.2 Å². The molecule has 3 nitrogen and oxygen atoms in total. The number of sulfonamides is 1. The predicted octanol–water partition coefficient (Wildman–Crippen LogP) is 4.70. The Bertz CT molecular complexity index is 665. The fourth-order valence-electron chi connectivity index (χ4n) is 1.33. The lowest BCUT2D eigenvalue weighted by atomic mass is 10.3. The van der Waals surface area contributed by atoms with E-state index in [1.165, 1.54) is 18.2 Å². The van der Waals surface area contributed by atoms with Crippen LogP contribution in [0.15, 0.2) is 39.9 Å². The van der Waals surface area contributed by atoms with Crippen LogP contribution in [0, 0.1) is 0 Å². The molecule has 1 unspecified atom stereocenters. The number of anilines is 1. The molecule has 0 fully saturated rings. The summed E-state index contributed by atoms with van der Waals surface area (Å²) in [6.07, 6.45) is 0. The molecule has 8 heteroatoms. The summed E-state index contributed by atoms with van der Waals surface area (Å²) in [6.45, 7) is 0. The van der Waals surface area contributed by atoms with Gasteiger partial charge in [-0.15, -0.1) is 0 Å². The van der Waals surface area contributed by atoms with Gasteiger partial charge in [0.25, 0.3) is 19.0 Å². The number of nitrogens with one attached hydrogen (secondary N) is 1. The minimum absolute atomic E-state index is 0.276. The Kier molecular flexibility index (Phi) is 4.23. The van der Waals surface area contributed by atoms with Crippen molar-refractivity contribution >= 4 is 62.6 Å². The normalized spacial score (nSPS) is 12.5. The summed E-state index contributed by atoms with van der Waals surface area (Å²) >= 11 is 14.9. The van der Waals surface area contributed by atoms with E-state index < -0.39 is 18.9 Å². The lowest BCUT2D eigenvalue weighted by Gasteiger charge is -2.05. The molecule has 1 heterocycles. The van der Waals surface area contributed by atoms with Crippen LogP contribution in [0.4, 0.5) is 5.69 Å². The zero-order valence-corrected chi connectivity index (χ0v) is 13.5.